The molecule has 0 heterocycles. The van der Waals surface area contributed by atoms with Crippen LogP contribution < -0.4 is 9.47 Å². The number of methoxy groups -OCH3 is 1. The van der Waals surface area contributed by atoms with Gasteiger partial charge in [-0.2, -0.15) is 0 Å². The number of carboxylic acid groups (broad SMARTS) is 1. The zero-order valence-corrected chi connectivity index (χ0v) is 14.3. The SMILES string of the molecule is COc1c(Br)cc(C2(C(=O)O)CCCC2)cc1OCC1CC1. The van der Waals surface area contributed by atoms with Gasteiger partial charge in [-0.3, -0.25) is 4.79 Å². The summed E-state index contributed by atoms with van der Waals surface area (Å²) in [7, 11) is 1.60. The summed E-state index contributed by atoms with van der Waals surface area (Å²) in [5.41, 5.74) is 0.0305. The molecule has 0 unspecified atom stereocenters. The van der Waals surface area contributed by atoms with Gasteiger partial charge >= 0.3 is 5.97 Å². The van der Waals surface area contributed by atoms with Crippen LogP contribution in [0.15, 0.2) is 16.6 Å². The second-order valence-electron chi connectivity index (χ2n) is 6.34. The van der Waals surface area contributed by atoms with E-state index in [0.717, 1.165) is 22.9 Å². The first-order valence-corrected chi connectivity index (χ1v) is 8.60. The molecule has 120 valence electrons. The maximum Gasteiger partial charge on any atom is 0.314 e. The molecule has 22 heavy (non-hydrogen) atoms. The van der Waals surface area contributed by atoms with Crippen molar-refractivity contribution in [3.05, 3.63) is 22.2 Å². The summed E-state index contributed by atoms with van der Waals surface area (Å²) in [5, 5.41) is 9.77. The third-order valence-electron chi connectivity index (χ3n) is 4.80. The van der Waals surface area contributed by atoms with E-state index in [2.05, 4.69) is 15.9 Å². The molecule has 4 nitrogen and oxygen atoms in total. The molecule has 2 aliphatic rings. The van der Waals surface area contributed by atoms with Gasteiger partial charge in [0.15, 0.2) is 11.5 Å². The van der Waals surface area contributed by atoms with Gasteiger partial charge < -0.3 is 14.6 Å². The van der Waals surface area contributed by atoms with E-state index in [1.54, 1.807) is 7.11 Å². The van der Waals surface area contributed by atoms with E-state index >= 15 is 0 Å². The quantitative estimate of drug-likeness (QED) is 0.819. The topological polar surface area (TPSA) is 55.8 Å². The molecule has 0 aliphatic heterocycles. The number of hydrogen-bond acceptors (Lipinski definition) is 3. The maximum absolute atomic E-state index is 11.9. The molecule has 2 fully saturated rings. The van der Waals surface area contributed by atoms with Crippen molar-refractivity contribution in [3.8, 4) is 11.5 Å². The lowest BCUT2D eigenvalue weighted by Crippen LogP contribution is -2.32. The van der Waals surface area contributed by atoms with E-state index < -0.39 is 11.4 Å². The minimum atomic E-state index is -0.785. The van der Waals surface area contributed by atoms with Crippen LogP contribution in [0, 0.1) is 5.92 Å². The van der Waals surface area contributed by atoms with E-state index in [9.17, 15) is 9.90 Å². The van der Waals surface area contributed by atoms with Crippen molar-refractivity contribution in [3.63, 3.8) is 0 Å². The summed E-state index contributed by atoms with van der Waals surface area (Å²) in [5.74, 6) is 1.18. The van der Waals surface area contributed by atoms with Gasteiger partial charge in [-0.25, -0.2) is 0 Å². The predicted molar refractivity (Wildman–Crippen MR) is 86.7 cm³/mol. The van der Waals surface area contributed by atoms with E-state index in [0.29, 0.717) is 36.9 Å². The Labute approximate surface area is 138 Å². The Morgan fingerprint density at radius 3 is 2.59 bits per heavy atom. The summed E-state index contributed by atoms with van der Waals surface area (Å²) < 4.78 is 12.1. The maximum atomic E-state index is 11.9. The fraction of sp³-hybridized carbons (Fsp3) is 0.588. The second-order valence-corrected chi connectivity index (χ2v) is 7.19. The van der Waals surface area contributed by atoms with Crippen molar-refractivity contribution in [2.45, 2.75) is 43.9 Å². The monoisotopic (exact) mass is 368 g/mol. The van der Waals surface area contributed by atoms with Gasteiger partial charge in [0, 0.05) is 0 Å². The summed E-state index contributed by atoms with van der Waals surface area (Å²) in [6.45, 7) is 0.673. The number of carbonyl (C=O) groups is 1. The zero-order chi connectivity index (χ0) is 15.7. The largest absolute Gasteiger partial charge is 0.492 e. The lowest BCUT2D eigenvalue weighted by atomic mass is 9.79. The van der Waals surface area contributed by atoms with Crippen LogP contribution in [0.1, 0.15) is 44.1 Å². The Bertz CT molecular complexity index is 574. The highest BCUT2D eigenvalue weighted by molar-refractivity contribution is 9.10. The fourth-order valence-corrected chi connectivity index (χ4v) is 3.85. The van der Waals surface area contributed by atoms with E-state index in [4.69, 9.17) is 9.47 Å². The van der Waals surface area contributed by atoms with Crippen LogP contribution in [0.5, 0.6) is 11.5 Å². The first kappa shape index (κ1) is 15.7. The van der Waals surface area contributed by atoms with E-state index in [1.807, 2.05) is 12.1 Å². The van der Waals surface area contributed by atoms with Crippen molar-refractivity contribution >= 4 is 21.9 Å². The average molecular weight is 369 g/mol. The highest BCUT2D eigenvalue weighted by Gasteiger charge is 2.43. The number of ether oxygens (including phenoxy) is 2. The number of aliphatic carboxylic acids is 1. The van der Waals surface area contributed by atoms with Gasteiger partial charge in [-0.15, -0.1) is 0 Å². The normalized spacial score (nSPS) is 19.9. The molecule has 0 amide bonds. The first-order valence-electron chi connectivity index (χ1n) is 7.81. The van der Waals surface area contributed by atoms with Gasteiger partial charge in [0.25, 0.3) is 0 Å². The molecule has 2 saturated carbocycles. The number of rotatable bonds is 6. The number of halogens is 1. The lowest BCUT2D eigenvalue weighted by Gasteiger charge is -2.26. The van der Waals surface area contributed by atoms with Crippen molar-refractivity contribution in [2.24, 2.45) is 5.92 Å². The van der Waals surface area contributed by atoms with Gasteiger partial charge in [0.2, 0.25) is 0 Å². The fourth-order valence-electron chi connectivity index (χ4n) is 3.25. The standard InChI is InChI=1S/C17H21BrO4/c1-21-15-13(18)8-12(9-14(15)22-10-11-4-5-11)17(16(19)20)6-2-3-7-17/h8-9,11H,2-7,10H2,1H3,(H,19,20). The molecular formula is C17H21BrO4. The number of carboxylic acids is 1. The lowest BCUT2D eigenvalue weighted by molar-refractivity contribution is -0.143. The summed E-state index contributed by atoms with van der Waals surface area (Å²) in [6, 6.07) is 3.74. The molecule has 5 heteroatoms. The van der Waals surface area contributed by atoms with Crippen LogP contribution in [0.2, 0.25) is 0 Å². The molecule has 2 aliphatic carbocycles. The molecule has 3 rings (SSSR count). The van der Waals surface area contributed by atoms with Gasteiger partial charge in [0.05, 0.1) is 23.6 Å². The molecule has 0 spiro atoms. The van der Waals surface area contributed by atoms with Crippen LogP contribution in [-0.2, 0) is 10.2 Å². The summed E-state index contributed by atoms with van der Waals surface area (Å²) in [4.78, 5) is 11.9. The number of hydrogen-bond donors (Lipinski definition) is 1. The Morgan fingerprint density at radius 1 is 1.36 bits per heavy atom. The molecule has 1 aromatic carbocycles. The molecule has 0 aromatic heterocycles. The van der Waals surface area contributed by atoms with Crippen LogP contribution >= 0.6 is 15.9 Å². The molecule has 0 radical (unpaired) electrons. The molecule has 0 atom stereocenters. The molecule has 0 bridgehead atoms. The average Bonchev–Trinajstić information content (AvgIpc) is 3.18. The summed E-state index contributed by atoms with van der Waals surface area (Å²) >= 11 is 3.50. The Balaban J connectivity index is 1.98. The third kappa shape index (κ3) is 2.83. The Morgan fingerprint density at radius 2 is 2.05 bits per heavy atom. The van der Waals surface area contributed by atoms with Crippen molar-refractivity contribution in [2.75, 3.05) is 13.7 Å². The predicted octanol–water partition coefficient (Wildman–Crippen LogP) is 4.14. The Kier molecular flexibility index (Phi) is 4.35. The number of benzene rings is 1. The van der Waals surface area contributed by atoms with Gasteiger partial charge in [-0.1, -0.05) is 12.8 Å². The van der Waals surface area contributed by atoms with Crippen LogP contribution in [-0.4, -0.2) is 24.8 Å². The van der Waals surface area contributed by atoms with Crippen molar-refractivity contribution < 1.29 is 19.4 Å². The Hall–Kier alpha value is -1.23. The smallest absolute Gasteiger partial charge is 0.314 e. The van der Waals surface area contributed by atoms with Crippen molar-refractivity contribution in [1.82, 2.24) is 0 Å². The van der Waals surface area contributed by atoms with Gasteiger partial charge in [-0.05, 0) is 65.2 Å². The highest BCUT2D eigenvalue weighted by Crippen LogP contribution is 2.46. The summed E-state index contributed by atoms with van der Waals surface area (Å²) in [6.07, 6.45) is 5.69. The van der Waals surface area contributed by atoms with E-state index in [-0.39, 0.29) is 0 Å². The van der Waals surface area contributed by atoms with Crippen LogP contribution in [0.4, 0.5) is 0 Å². The van der Waals surface area contributed by atoms with Crippen molar-refractivity contribution in [1.29, 1.82) is 0 Å². The highest BCUT2D eigenvalue weighted by atomic mass is 79.9. The van der Waals surface area contributed by atoms with Crippen LogP contribution in [0.3, 0.4) is 0 Å². The van der Waals surface area contributed by atoms with Gasteiger partial charge in [0.1, 0.15) is 0 Å². The minimum Gasteiger partial charge on any atom is -0.492 e. The van der Waals surface area contributed by atoms with Crippen LogP contribution in [0.25, 0.3) is 0 Å². The molecule has 1 aromatic rings. The minimum absolute atomic E-state index is 0.632. The molecule has 0 saturated heterocycles. The second kappa shape index (κ2) is 6.11. The third-order valence-corrected chi connectivity index (χ3v) is 5.39. The zero-order valence-electron chi connectivity index (χ0n) is 12.7. The molecular weight excluding hydrogens is 348 g/mol. The first-order chi connectivity index (χ1) is 10.6. The van der Waals surface area contributed by atoms with E-state index in [1.165, 1.54) is 12.8 Å². The molecule has 1 N–H and O–H groups in total.